The van der Waals surface area contributed by atoms with Crippen LogP contribution in [0.15, 0.2) is 11.6 Å². The SMILES string of the molecule is CCOC(=O)/C(C)=C/[C@@]1(O)O[C@H](CO)[C@H](O)[C@H](O)[C@H]1O. The lowest BCUT2D eigenvalue weighted by Crippen LogP contribution is -2.64. The van der Waals surface area contributed by atoms with Crippen LogP contribution in [-0.4, -0.2) is 74.9 Å². The van der Waals surface area contributed by atoms with Crippen molar-refractivity contribution < 1.29 is 39.8 Å². The van der Waals surface area contributed by atoms with E-state index in [1.165, 1.54) is 6.92 Å². The molecule has 5 N–H and O–H groups in total. The minimum atomic E-state index is -2.41. The third-order valence-electron chi connectivity index (χ3n) is 3.02. The molecule has 0 spiro atoms. The second kappa shape index (κ2) is 6.61. The van der Waals surface area contributed by atoms with Gasteiger partial charge in [0.1, 0.15) is 24.4 Å². The van der Waals surface area contributed by atoms with Crippen LogP contribution < -0.4 is 0 Å². The molecule has 8 heteroatoms. The molecule has 1 saturated heterocycles. The number of hydrogen-bond acceptors (Lipinski definition) is 8. The molecule has 1 heterocycles. The molecule has 8 nitrogen and oxygen atoms in total. The zero-order chi connectivity index (χ0) is 15.5. The van der Waals surface area contributed by atoms with Gasteiger partial charge in [0.2, 0.25) is 5.79 Å². The predicted octanol–water partition coefficient (Wildman–Crippen LogP) is -2.34. The molecule has 0 amide bonds. The highest BCUT2D eigenvalue weighted by Gasteiger charge is 2.51. The van der Waals surface area contributed by atoms with Crippen molar-refractivity contribution in [2.45, 2.75) is 44.1 Å². The number of aliphatic hydroxyl groups excluding tert-OH is 4. The Balaban J connectivity index is 3.00. The quantitative estimate of drug-likeness (QED) is 0.287. The summed E-state index contributed by atoms with van der Waals surface area (Å²) in [5.74, 6) is -3.14. The fourth-order valence-electron chi connectivity index (χ4n) is 1.91. The molecule has 0 aliphatic carbocycles. The van der Waals surface area contributed by atoms with E-state index in [0.29, 0.717) is 0 Å². The Morgan fingerprint density at radius 2 is 1.95 bits per heavy atom. The molecule has 1 fully saturated rings. The van der Waals surface area contributed by atoms with Crippen molar-refractivity contribution in [1.29, 1.82) is 0 Å². The normalized spacial score (nSPS) is 38.6. The van der Waals surface area contributed by atoms with Gasteiger partial charge in [-0.05, 0) is 19.9 Å². The number of aliphatic hydroxyl groups is 5. The van der Waals surface area contributed by atoms with E-state index in [2.05, 4.69) is 0 Å². The van der Waals surface area contributed by atoms with E-state index in [1.54, 1.807) is 6.92 Å². The first-order valence-electron chi connectivity index (χ1n) is 6.18. The fraction of sp³-hybridized carbons (Fsp3) is 0.750. The van der Waals surface area contributed by atoms with Crippen molar-refractivity contribution in [3.05, 3.63) is 11.6 Å². The molecule has 0 bridgehead atoms. The summed E-state index contributed by atoms with van der Waals surface area (Å²) in [5, 5.41) is 48.2. The van der Waals surface area contributed by atoms with Gasteiger partial charge in [0.05, 0.1) is 13.2 Å². The highest BCUT2D eigenvalue weighted by Crippen LogP contribution is 2.30. The number of carbonyl (C=O) groups excluding carboxylic acids is 1. The molecule has 0 aromatic rings. The van der Waals surface area contributed by atoms with Gasteiger partial charge in [0.15, 0.2) is 0 Å². The lowest BCUT2D eigenvalue weighted by Gasteiger charge is -2.44. The number of carbonyl (C=O) groups is 1. The summed E-state index contributed by atoms with van der Waals surface area (Å²) in [6.07, 6.45) is -5.61. The number of ether oxygens (including phenoxy) is 2. The highest BCUT2D eigenvalue weighted by atomic mass is 16.7. The van der Waals surface area contributed by atoms with Crippen LogP contribution in [0, 0.1) is 0 Å². The predicted molar refractivity (Wildman–Crippen MR) is 65.3 cm³/mol. The Morgan fingerprint density at radius 1 is 1.35 bits per heavy atom. The monoisotopic (exact) mass is 292 g/mol. The summed E-state index contributed by atoms with van der Waals surface area (Å²) < 4.78 is 9.69. The summed E-state index contributed by atoms with van der Waals surface area (Å²) in [7, 11) is 0. The molecular weight excluding hydrogens is 272 g/mol. The molecule has 20 heavy (non-hydrogen) atoms. The van der Waals surface area contributed by atoms with Crippen LogP contribution in [0.25, 0.3) is 0 Å². The molecular formula is C12H20O8. The lowest BCUT2D eigenvalue weighted by atomic mass is 9.91. The van der Waals surface area contributed by atoms with E-state index in [9.17, 15) is 25.2 Å². The third-order valence-corrected chi connectivity index (χ3v) is 3.02. The van der Waals surface area contributed by atoms with Gasteiger partial charge in [-0.3, -0.25) is 0 Å². The van der Waals surface area contributed by atoms with E-state index < -0.39 is 42.8 Å². The Hall–Kier alpha value is -1.03. The first-order chi connectivity index (χ1) is 9.26. The van der Waals surface area contributed by atoms with Crippen LogP contribution in [0.1, 0.15) is 13.8 Å². The topological polar surface area (TPSA) is 137 Å². The maximum absolute atomic E-state index is 11.5. The van der Waals surface area contributed by atoms with Crippen LogP contribution in [0.3, 0.4) is 0 Å². The molecule has 1 rings (SSSR count). The molecule has 0 unspecified atom stereocenters. The minimum absolute atomic E-state index is 0.0475. The van der Waals surface area contributed by atoms with Gasteiger partial charge in [-0.25, -0.2) is 4.79 Å². The van der Waals surface area contributed by atoms with Crippen molar-refractivity contribution in [1.82, 2.24) is 0 Å². The van der Waals surface area contributed by atoms with E-state index in [-0.39, 0.29) is 12.2 Å². The average molecular weight is 292 g/mol. The summed E-state index contributed by atoms with van der Waals surface area (Å²) in [6, 6.07) is 0. The summed E-state index contributed by atoms with van der Waals surface area (Å²) >= 11 is 0. The number of esters is 1. The summed E-state index contributed by atoms with van der Waals surface area (Å²) in [6.45, 7) is 2.39. The highest BCUT2D eigenvalue weighted by molar-refractivity contribution is 5.87. The van der Waals surface area contributed by atoms with Gasteiger partial charge in [-0.2, -0.15) is 0 Å². The van der Waals surface area contributed by atoms with Gasteiger partial charge < -0.3 is 35.0 Å². The largest absolute Gasteiger partial charge is 0.463 e. The van der Waals surface area contributed by atoms with Crippen LogP contribution in [0.4, 0.5) is 0 Å². The second-order valence-electron chi connectivity index (χ2n) is 4.56. The van der Waals surface area contributed by atoms with E-state index >= 15 is 0 Å². The Kier molecular flexibility index (Phi) is 5.63. The molecule has 1 aliphatic heterocycles. The number of rotatable bonds is 4. The fourth-order valence-corrected chi connectivity index (χ4v) is 1.91. The van der Waals surface area contributed by atoms with Crippen molar-refractivity contribution in [2.24, 2.45) is 0 Å². The van der Waals surface area contributed by atoms with E-state index in [0.717, 1.165) is 6.08 Å². The van der Waals surface area contributed by atoms with Crippen LogP contribution in [0.2, 0.25) is 0 Å². The van der Waals surface area contributed by atoms with Crippen molar-refractivity contribution in [3.8, 4) is 0 Å². The van der Waals surface area contributed by atoms with Gasteiger partial charge in [-0.15, -0.1) is 0 Å². The average Bonchev–Trinajstić information content (AvgIpc) is 2.41. The van der Waals surface area contributed by atoms with E-state index in [1.807, 2.05) is 0 Å². The first-order valence-corrected chi connectivity index (χ1v) is 6.18. The Bertz CT molecular complexity index is 380. The number of hydrogen-bond donors (Lipinski definition) is 5. The van der Waals surface area contributed by atoms with Crippen molar-refractivity contribution >= 4 is 5.97 Å². The van der Waals surface area contributed by atoms with Gasteiger partial charge in [-0.1, -0.05) is 0 Å². The lowest BCUT2D eigenvalue weighted by molar-refractivity contribution is -0.327. The molecule has 1 aliphatic rings. The zero-order valence-electron chi connectivity index (χ0n) is 11.3. The van der Waals surface area contributed by atoms with E-state index in [4.69, 9.17) is 14.6 Å². The maximum atomic E-state index is 11.5. The smallest absolute Gasteiger partial charge is 0.333 e. The van der Waals surface area contributed by atoms with Gasteiger partial charge in [0.25, 0.3) is 0 Å². The zero-order valence-corrected chi connectivity index (χ0v) is 11.3. The van der Waals surface area contributed by atoms with Gasteiger partial charge in [0, 0.05) is 5.57 Å². The standard InChI is InChI=1S/C12H20O8/c1-3-19-11(17)6(2)4-12(18)10(16)9(15)8(14)7(5-13)20-12/h4,7-10,13-16,18H,3,5H2,1-2H3/b6-4+/t7-,8+,9+,10-,12-/m1/s1. The Labute approximate surface area is 115 Å². The third kappa shape index (κ3) is 3.35. The minimum Gasteiger partial charge on any atom is -0.463 e. The van der Waals surface area contributed by atoms with Gasteiger partial charge >= 0.3 is 5.97 Å². The second-order valence-corrected chi connectivity index (χ2v) is 4.56. The van der Waals surface area contributed by atoms with Crippen molar-refractivity contribution in [3.63, 3.8) is 0 Å². The van der Waals surface area contributed by atoms with Crippen LogP contribution >= 0.6 is 0 Å². The van der Waals surface area contributed by atoms with Crippen LogP contribution in [-0.2, 0) is 14.3 Å². The summed E-state index contributed by atoms with van der Waals surface area (Å²) in [5.41, 5.74) is -0.0475. The molecule has 0 saturated carbocycles. The maximum Gasteiger partial charge on any atom is 0.333 e. The molecule has 0 aromatic heterocycles. The summed E-state index contributed by atoms with van der Waals surface area (Å²) in [4.78, 5) is 11.5. The Morgan fingerprint density at radius 3 is 2.45 bits per heavy atom. The first kappa shape index (κ1) is 17.0. The molecule has 5 atom stereocenters. The molecule has 0 radical (unpaired) electrons. The molecule has 0 aromatic carbocycles. The molecule has 116 valence electrons. The van der Waals surface area contributed by atoms with Crippen molar-refractivity contribution in [2.75, 3.05) is 13.2 Å². The van der Waals surface area contributed by atoms with Crippen LogP contribution in [0.5, 0.6) is 0 Å².